The van der Waals surface area contributed by atoms with E-state index >= 15 is 0 Å². The molecule has 6 heteroatoms. The summed E-state index contributed by atoms with van der Waals surface area (Å²) in [5.41, 5.74) is 3.30. The van der Waals surface area contributed by atoms with Crippen molar-refractivity contribution in [3.05, 3.63) is 63.6 Å². The first-order valence-corrected chi connectivity index (χ1v) is 10.7. The van der Waals surface area contributed by atoms with Crippen LogP contribution >= 0.6 is 15.9 Å². The minimum absolute atomic E-state index is 0.135. The van der Waals surface area contributed by atoms with E-state index in [0.717, 1.165) is 22.0 Å². The van der Waals surface area contributed by atoms with Crippen LogP contribution in [-0.4, -0.2) is 36.4 Å². The van der Waals surface area contributed by atoms with E-state index in [1.165, 1.54) is 5.56 Å². The van der Waals surface area contributed by atoms with Crippen molar-refractivity contribution < 1.29 is 14.3 Å². The Balaban J connectivity index is 2.18. The molecule has 1 N–H and O–H groups in total. The maximum Gasteiger partial charge on any atom is 0.261 e. The number of carbonyl (C=O) groups excluding carboxylic acids is 2. The molecule has 1 unspecified atom stereocenters. The molecule has 29 heavy (non-hydrogen) atoms. The van der Waals surface area contributed by atoms with Gasteiger partial charge in [-0.2, -0.15) is 0 Å². The van der Waals surface area contributed by atoms with Gasteiger partial charge >= 0.3 is 0 Å². The van der Waals surface area contributed by atoms with E-state index in [4.69, 9.17) is 4.74 Å². The molecule has 0 saturated carbocycles. The zero-order chi connectivity index (χ0) is 21.4. The van der Waals surface area contributed by atoms with Crippen LogP contribution in [-0.2, 0) is 22.6 Å². The van der Waals surface area contributed by atoms with Gasteiger partial charge in [-0.3, -0.25) is 9.59 Å². The molecule has 2 aromatic carbocycles. The molecule has 0 heterocycles. The van der Waals surface area contributed by atoms with E-state index in [0.29, 0.717) is 18.7 Å². The number of ether oxygens (including phenoxy) is 1. The average Bonchev–Trinajstić information content (AvgIpc) is 2.73. The van der Waals surface area contributed by atoms with Crippen molar-refractivity contribution in [1.82, 2.24) is 10.2 Å². The van der Waals surface area contributed by atoms with Crippen LogP contribution in [0.5, 0.6) is 5.75 Å². The lowest BCUT2D eigenvalue weighted by molar-refractivity contribution is -0.142. The monoisotopic (exact) mass is 460 g/mol. The highest BCUT2D eigenvalue weighted by Crippen LogP contribution is 2.26. The number of likely N-dealkylation sites (N-methyl/N-ethyl adjacent to an activating group) is 1. The number of hydrogen-bond acceptors (Lipinski definition) is 3. The van der Waals surface area contributed by atoms with Crippen molar-refractivity contribution >= 4 is 27.7 Å². The van der Waals surface area contributed by atoms with Crippen LogP contribution < -0.4 is 10.1 Å². The molecule has 0 saturated heterocycles. The fourth-order valence-electron chi connectivity index (χ4n) is 3.08. The zero-order valence-corrected chi connectivity index (χ0v) is 19.1. The van der Waals surface area contributed by atoms with Crippen molar-refractivity contribution in [1.29, 1.82) is 0 Å². The predicted octanol–water partition coefficient (Wildman–Crippen LogP) is 4.25. The molecule has 0 radical (unpaired) electrons. The summed E-state index contributed by atoms with van der Waals surface area (Å²) in [4.78, 5) is 27.0. The molecule has 0 aliphatic heterocycles. The van der Waals surface area contributed by atoms with Gasteiger partial charge in [-0.25, -0.2) is 0 Å². The first-order chi connectivity index (χ1) is 13.9. The van der Waals surface area contributed by atoms with Gasteiger partial charge in [-0.05, 0) is 59.0 Å². The molecule has 2 rings (SSSR count). The molecule has 0 bridgehead atoms. The molecule has 0 aliphatic rings. The van der Waals surface area contributed by atoms with Gasteiger partial charge in [0.05, 0.1) is 4.47 Å². The van der Waals surface area contributed by atoms with Gasteiger partial charge in [0.15, 0.2) is 6.61 Å². The number of amides is 2. The Morgan fingerprint density at radius 2 is 1.76 bits per heavy atom. The Morgan fingerprint density at radius 3 is 2.31 bits per heavy atom. The second-order valence-corrected chi connectivity index (χ2v) is 7.81. The number of halogens is 1. The number of rotatable bonds is 9. The van der Waals surface area contributed by atoms with Gasteiger partial charge < -0.3 is 15.0 Å². The third-order valence-electron chi connectivity index (χ3n) is 4.86. The first-order valence-electron chi connectivity index (χ1n) is 9.87. The third kappa shape index (κ3) is 6.32. The van der Waals surface area contributed by atoms with Crippen LogP contribution in [0, 0.1) is 6.92 Å². The lowest BCUT2D eigenvalue weighted by Crippen LogP contribution is -2.49. The van der Waals surface area contributed by atoms with Crippen LogP contribution in [0.1, 0.15) is 37.0 Å². The van der Waals surface area contributed by atoms with Gasteiger partial charge in [0, 0.05) is 13.6 Å². The Kier molecular flexibility index (Phi) is 8.70. The van der Waals surface area contributed by atoms with E-state index in [1.807, 2.05) is 56.3 Å². The fraction of sp³-hybridized carbons (Fsp3) is 0.391. The molecule has 2 aromatic rings. The van der Waals surface area contributed by atoms with E-state index in [1.54, 1.807) is 11.9 Å². The lowest BCUT2D eigenvalue weighted by Gasteiger charge is -2.30. The second-order valence-electron chi connectivity index (χ2n) is 6.95. The summed E-state index contributed by atoms with van der Waals surface area (Å²) < 4.78 is 6.59. The van der Waals surface area contributed by atoms with E-state index in [9.17, 15) is 9.59 Å². The summed E-state index contributed by atoms with van der Waals surface area (Å²) in [5, 5.41) is 2.66. The summed E-state index contributed by atoms with van der Waals surface area (Å²) in [5.74, 6) is 0.202. The summed E-state index contributed by atoms with van der Waals surface area (Å²) in [6.07, 6.45) is 1.44. The van der Waals surface area contributed by atoms with Crippen molar-refractivity contribution in [3.8, 4) is 5.75 Å². The van der Waals surface area contributed by atoms with Gasteiger partial charge in [-0.15, -0.1) is 0 Å². The van der Waals surface area contributed by atoms with Crippen molar-refractivity contribution in [3.63, 3.8) is 0 Å². The molecule has 0 aromatic heterocycles. The number of nitrogens with zero attached hydrogens (tertiary/aromatic N) is 1. The third-order valence-corrected chi connectivity index (χ3v) is 5.48. The van der Waals surface area contributed by atoms with Crippen LogP contribution in [0.25, 0.3) is 0 Å². The normalized spacial score (nSPS) is 11.6. The quantitative estimate of drug-likeness (QED) is 0.608. The number of nitrogens with one attached hydrogen (secondary N) is 1. The summed E-state index contributed by atoms with van der Waals surface area (Å²) in [6.45, 7) is 6.21. The van der Waals surface area contributed by atoms with Crippen LogP contribution in [0.3, 0.4) is 0 Å². The molecule has 0 aliphatic carbocycles. The standard InChI is InChI=1S/C23H29BrN2O3/c1-5-17-11-12-21(19(24)13-17)29-15-22(27)26(20(6-2)23(28)25-4)14-18-9-7-16(3)8-10-18/h7-13,20H,5-6,14-15H2,1-4H3,(H,25,28). The maximum absolute atomic E-state index is 13.0. The van der Waals surface area contributed by atoms with Crippen LogP contribution in [0.2, 0.25) is 0 Å². The Hall–Kier alpha value is -2.34. The SMILES string of the molecule is CCc1ccc(OCC(=O)N(Cc2ccc(C)cc2)C(CC)C(=O)NC)c(Br)c1. The van der Waals surface area contributed by atoms with Gasteiger partial charge in [-0.1, -0.05) is 49.7 Å². The average molecular weight is 461 g/mol. The summed E-state index contributed by atoms with van der Waals surface area (Å²) in [6, 6.07) is 13.2. The van der Waals surface area contributed by atoms with E-state index in [-0.39, 0.29) is 18.4 Å². The molecule has 5 nitrogen and oxygen atoms in total. The summed E-state index contributed by atoms with van der Waals surface area (Å²) >= 11 is 3.50. The topological polar surface area (TPSA) is 58.6 Å². The fourth-order valence-corrected chi connectivity index (χ4v) is 3.62. The minimum Gasteiger partial charge on any atom is -0.483 e. The highest BCUT2D eigenvalue weighted by molar-refractivity contribution is 9.10. The summed E-state index contributed by atoms with van der Waals surface area (Å²) in [7, 11) is 1.59. The molecule has 1 atom stereocenters. The number of benzene rings is 2. The highest BCUT2D eigenvalue weighted by Gasteiger charge is 2.28. The van der Waals surface area contributed by atoms with Crippen molar-refractivity contribution in [2.75, 3.05) is 13.7 Å². The van der Waals surface area contributed by atoms with Gasteiger partial charge in [0.2, 0.25) is 5.91 Å². The Morgan fingerprint density at radius 1 is 1.10 bits per heavy atom. The number of hydrogen-bond donors (Lipinski definition) is 1. The molecule has 0 fully saturated rings. The first kappa shape index (κ1) is 22.9. The molecular weight excluding hydrogens is 432 g/mol. The molecule has 2 amide bonds. The smallest absolute Gasteiger partial charge is 0.261 e. The van der Waals surface area contributed by atoms with Crippen LogP contribution in [0.15, 0.2) is 46.9 Å². The largest absolute Gasteiger partial charge is 0.483 e. The number of carbonyl (C=O) groups is 2. The predicted molar refractivity (Wildman–Crippen MR) is 119 cm³/mol. The number of aryl methyl sites for hydroxylation is 2. The molecule has 0 spiro atoms. The van der Waals surface area contributed by atoms with Crippen molar-refractivity contribution in [2.45, 2.75) is 46.2 Å². The minimum atomic E-state index is -0.552. The van der Waals surface area contributed by atoms with E-state index in [2.05, 4.69) is 28.2 Å². The van der Waals surface area contributed by atoms with Crippen LogP contribution in [0.4, 0.5) is 0 Å². The van der Waals surface area contributed by atoms with Gasteiger partial charge in [0.1, 0.15) is 11.8 Å². The zero-order valence-electron chi connectivity index (χ0n) is 17.5. The Bertz CT molecular complexity index is 837. The maximum atomic E-state index is 13.0. The molecule has 156 valence electrons. The van der Waals surface area contributed by atoms with E-state index < -0.39 is 6.04 Å². The highest BCUT2D eigenvalue weighted by atomic mass is 79.9. The second kappa shape index (κ2) is 11.0. The van der Waals surface area contributed by atoms with Crippen molar-refractivity contribution in [2.24, 2.45) is 0 Å². The lowest BCUT2D eigenvalue weighted by atomic mass is 10.1. The van der Waals surface area contributed by atoms with Gasteiger partial charge in [0.25, 0.3) is 5.91 Å². The Labute approximate surface area is 181 Å². The molecular formula is C23H29BrN2O3.